The summed E-state index contributed by atoms with van der Waals surface area (Å²) in [5.74, 6) is -1.76. The molecule has 2 aromatic rings. The van der Waals surface area contributed by atoms with Gasteiger partial charge in [-0.15, -0.1) is 0 Å². The Morgan fingerprint density at radius 2 is 2.05 bits per heavy atom. The first-order chi connectivity index (χ1) is 9.51. The molecular formula is C13H13Br2F2N3. The van der Waals surface area contributed by atoms with Crippen LogP contribution < -0.4 is 5.32 Å². The number of rotatable bonds is 4. The molecule has 0 saturated heterocycles. The summed E-state index contributed by atoms with van der Waals surface area (Å²) in [5, 5.41) is 7.36. The van der Waals surface area contributed by atoms with Crippen molar-refractivity contribution in [2.75, 3.05) is 7.05 Å². The minimum absolute atomic E-state index is 0.118. The molecule has 108 valence electrons. The number of halogens is 4. The van der Waals surface area contributed by atoms with Crippen LogP contribution in [0.25, 0.3) is 0 Å². The molecule has 2 rings (SSSR count). The van der Waals surface area contributed by atoms with E-state index in [1.165, 1.54) is 0 Å². The summed E-state index contributed by atoms with van der Waals surface area (Å²) in [6.07, 6.45) is 1.69. The van der Waals surface area contributed by atoms with Crippen molar-refractivity contribution in [1.29, 1.82) is 0 Å². The molecule has 1 unspecified atom stereocenters. The van der Waals surface area contributed by atoms with E-state index < -0.39 is 11.6 Å². The van der Waals surface area contributed by atoms with Crippen LogP contribution in [0.15, 0.2) is 27.3 Å². The predicted molar refractivity (Wildman–Crippen MR) is 80.6 cm³/mol. The highest BCUT2D eigenvalue weighted by atomic mass is 79.9. The quantitative estimate of drug-likeness (QED) is 0.774. The summed E-state index contributed by atoms with van der Waals surface area (Å²) >= 11 is 6.58. The van der Waals surface area contributed by atoms with E-state index in [-0.39, 0.29) is 10.5 Å². The zero-order valence-corrected chi connectivity index (χ0v) is 14.1. The van der Waals surface area contributed by atoms with Gasteiger partial charge in [-0.3, -0.25) is 4.68 Å². The molecule has 0 fully saturated rings. The zero-order chi connectivity index (χ0) is 14.9. The Morgan fingerprint density at radius 3 is 2.65 bits per heavy atom. The minimum Gasteiger partial charge on any atom is -0.308 e. The third-order valence-electron chi connectivity index (χ3n) is 3.07. The Bertz CT molecular complexity index is 628. The van der Waals surface area contributed by atoms with Crippen molar-refractivity contribution in [2.45, 2.75) is 19.5 Å². The molecule has 0 spiro atoms. The Kier molecular flexibility index (Phi) is 4.93. The van der Waals surface area contributed by atoms with Gasteiger partial charge >= 0.3 is 0 Å². The molecule has 1 atom stereocenters. The molecule has 3 nitrogen and oxygen atoms in total. The van der Waals surface area contributed by atoms with E-state index in [0.717, 1.165) is 16.2 Å². The second kappa shape index (κ2) is 6.32. The molecule has 0 amide bonds. The van der Waals surface area contributed by atoms with Crippen molar-refractivity contribution in [3.8, 4) is 0 Å². The summed E-state index contributed by atoms with van der Waals surface area (Å²) < 4.78 is 29.7. The van der Waals surface area contributed by atoms with Crippen molar-refractivity contribution in [3.05, 3.63) is 50.2 Å². The van der Waals surface area contributed by atoms with Crippen LogP contribution >= 0.6 is 31.9 Å². The van der Waals surface area contributed by atoms with Gasteiger partial charge in [0.1, 0.15) is 0 Å². The van der Waals surface area contributed by atoms with Crippen LogP contribution in [0.2, 0.25) is 0 Å². The van der Waals surface area contributed by atoms with Gasteiger partial charge in [0.05, 0.1) is 26.9 Å². The lowest BCUT2D eigenvalue weighted by atomic mass is 10.0. The van der Waals surface area contributed by atoms with Crippen LogP contribution in [0, 0.1) is 11.6 Å². The molecule has 1 N–H and O–H groups in total. The van der Waals surface area contributed by atoms with Gasteiger partial charge in [-0.25, -0.2) is 8.78 Å². The first-order valence-corrected chi connectivity index (χ1v) is 7.61. The Labute approximate surface area is 132 Å². The lowest BCUT2D eigenvalue weighted by molar-refractivity contribution is 0.496. The van der Waals surface area contributed by atoms with Gasteiger partial charge < -0.3 is 5.32 Å². The Hall–Kier alpha value is -0.790. The third-order valence-corrected chi connectivity index (χ3v) is 4.49. The largest absolute Gasteiger partial charge is 0.308 e. The molecule has 1 aromatic heterocycles. The first kappa shape index (κ1) is 15.6. The van der Waals surface area contributed by atoms with Crippen LogP contribution in [0.1, 0.15) is 24.2 Å². The maximum absolute atomic E-state index is 13.7. The van der Waals surface area contributed by atoms with Gasteiger partial charge in [0.25, 0.3) is 0 Å². The van der Waals surface area contributed by atoms with Gasteiger partial charge in [-0.2, -0.15) is 5.10 Å². The highest BCUT2D eigenvalue weighted by Crippen LogP contribution is 2.34. The molecular weight excluding hydrogens is 396 g/mol. The van der Waals surface area contributed by atoms with E-state index in [1.54, 1.807) is 24.0 Å². The highest BCUT2D eigenvalue weighted by Gasteiger charge is 2.24. The second-order valence-corrected chi connectivity index (χ2v) is 5.83. The van der Waals surface area contributed by atoms with Crippen LogP contribution in [0.3, 0.4) is 0 Å². The number of benzene rings is 1. The fraction of sp³-hybridized carbons (Fsp3) is 0.308. The van der Waals surface area contributed by atoms with Crippen LogP contribution in [-0.4, -0.2) is 16.8 Å². The number of hydrogen-bond acceptors (Lipinski definition) is 2. The van der Waals surface area contributed by atoms with Crippen molar-refractivity contribution in [3.63, 3.8) is 0 Å². The molecule has 0 aliphatic heterocycles. The molecule has 0 saturated carbocycles. The molecule has 0 radical (unpaired) electrons. The maximum atomic E-state index is 13.7. The number of aromatic nitrogens is 2. The topological polar surface area (TPSA) is 29.9 Å². The summed E-state index contributed by atoms with van der Waals surface area (Å²) in [6.45, 7) is 2.65. The van der Waals surface area contributed by atoms with Gasteiger partial charge in [0.15, 0.2) is 11.6 Å². The molecule has 0 bridgehead atoms. The molecule has 0 aliphatic carbocycles. The monoisotopic (exact) mass is 407 g/mol. The zero-order valence-electron chi connectivity index (χ0n) is 10.9. The average molecular weight is 409 g/mol. The van der Waals surface area contributed by atoms with E-state index in [4.69, 9.17) is 0 Å². The maximum Gasteiger partial charge on any atom is 0.173 e. The lowest BCUT2D eigenvalue weighted by Crippen LogP contribution is -2.22. The number of nitrogens with zero attached hydrogens (tertiary/aromatic N) is 2. The Balaban J connectivity index is 2.58. The van der Waals surface area contributed by atoms with Crippen molar-refractivity contribution >= 4 is 31.9 Å². The van der Waals surface area contributed by atoms with E-state index >= 15 is 0 Å². The third kappa shape index (κ3) is 2.66. The second-order valence-electron chi connectivity index (χ2n) is 4.18. The predicted octanol–water partition coefficient (Wildman–Crippen LogP) is 4.02. The smallest absolute Gasteiger partial charge is 0.173 e. The summed E-state index contributed by atoms with van der Waals surface area (Å²) in [7, 11) is 1.76. The summed E-state index contributed by atoms with van der Waals surface area (Å²) in [4.78, 5) is 0. The molecule has 7 heteroatoms. The van der Waals surface area contributed by atoms with E-state index in [1.807, 2.05) is 6.92 Å². The van der Waals surface area contributed by atoms with Crippen molar-refractivity contribution < 1.29 is 8.78 Å². The normalized spacial score (nSPS) is 12.7. The SMILES string of the molecule is CCn1ncc(Br)c1C(NC)c1ccc(F)c(F)c1Br. The van der Waals surface area contributed by atoms with Gasteiger partial charge in [0.2, 0.25) is 0 Å². The number of hydrogen-bond donors (Lipinski definition) is 1. The molecule has 20 heavy (non-hydrogen) atoms. The van der Waals surface area contributed by atoms with Gasteiger partial charge in [-0.05, 0) is 57.5 Å². The summed E-state index contributed by atoms with van der Waals surface area (Å²) in [6, 6.07) is 2.37. The fourth-order valence-corrected chi connectivity index (χ4v) is 3.19. The fourth-order valence-electron chi connectivity index (χ4n) is 2.11. The standard InChI is InChI=1S/C13H13Br2F2N3/c1-3-20-13(8(14)6-19-20)12(18-2)7-4-5-9(16)11(17)10(7)15/h4-6,12,18H,3H2,1-2H3. The lowest BCUT2D eigenvalue weighted by Gasteiger charge is -2.20. The van der Waals surface area contributed by atoms with Crippen LogP contribution in [0.5, 0.6) is 0 Å². The minimum atomic E-state index is -0.888. The van der Waals surface area contributed by atoms with Crippen LogP contribution in [0.4, 0.5) is 8.78 Å². The number of nitrogens with one attached hydrogen (secondary N) is 1. The average Bonchev–Trinajstić information content (AvgIpc) is 2.81. The number of aryl methyl sites for hydroxylation is 1. The van der Waals surface area contributed by atoms with Gasteiger partial charge in [0, 0.05) is 6.54 Å². The van der Waals surface area contributed by atoms with E-state index in [0.29, 0.717) is 12.1 Å². The molecule has 1 heterocycles. The van der Waals surface area contributed by atoms with Crippen molar-refractivity contribution in [2.24, 2.45) is 0 Å². The summed E-state index contributed by atoms with van der Waals surface area (Å²) in [5.41, 5.74) is 1.48. The van der Waals surface area contributed by atoms with E-state index in [9.17, 15) is 8.78 Å². The Morgan fingerprint density at radius 1 is 1.35 bits per heavy atom. The van der Waals surface area contributed by atoms with E-state index in [2.05, 4.69) is 42.3 Å². The van der Waals surface area contributed by atoms with Crippen LogP contribution in [-0.2, 0) is 6.54 Å². The first-order valence-electron chi connectivity index (χ1n) is 6.03. The molecule has 0 aliphatic rings. The van der Waals surface area contributed by atoms with Crippen molar-refractivity contribution in [1.82, 2.24) is 15.1 Å². The highest BCUT2D eigenvalue weighted by molar-refractivity contribution is 9.10. The molecule has 1 aromatic carbocycles. The van der Waals surface area contributed by atoms with Gasteiger partial charge in [-0.1, -0.05) is 6.07 Å².